The predicted molar refractivity (Wildman–Crippen MR) is 109 cm³/mol. The zero-order valence-electron chi connectivity index (χ0n) is 17.6. The van der Waals surface area contributed by atoms with Crippen molar-refractivity contribution in [3.8, 4) is 11.5 Å². The van der Waals surface area contributed by atoms with Gasteiger partial charge in [0, 0.05) is 51.3 Å². The van der Waals surface area contributed by atoms with E-state index in [1.165, 1.54) is 0 Å². The fourth-order valence-corrected chi connectivity index (χ4v) is 3.73. The third-order valence-corrected chi connectivity index (χ3v) is 5.47. The van der Waals surface area contributed by atoms with E-state index in [1.54, 1.807) is 19.5 Å². The minimum atomic E-state index is -0.377. The number of aromatic nitrogens is 3. The van der Waals surface area contributed by atoms with Crippen LogP contribution in [0.2, 0.25) is 0 Å². The average Bonchev–Trinajstić information content (AvgIpc) is 3.24. The Morgan fingerprint density at radius 3 is 2.90 bits per heavy atom. The summed E-state index contributed by atoms with van der Waals surface area (Å²) in [4.78, 5) is 23.3. The van der Waals surface area contributed by atoms with Gasteiger partial charge in [-0.15, -0.1) is 0 Å². The molecule has 1 fully saturated rings. The van der Waals surface area contributed by atoms with Crippen molar-refractivity contribution in [2.24, 2.45) is 5.92 Å². The number of carbonyl (C=O) groups is 1. The highest BCUT2D eigenvalue weighted by atomic mass is 16.5. The molecule has 1 unspecified atom stereocenters. The third kappa shape index (κ3) is 5.32. The first-order chi connectivity index (χ1) is 14.0. The minimum Gasteiger partial charge on any atom is -0.385 e. The van der Waals surface area contributed by atoms with Crippen LogP contribution in [-0.4, -0.2) is 59.4 Å². The molecule has 0 bridgehead atoms. The van der Waals surface area contributed by atoms with Gasteiger partial charge in [0.2, 0.25) is 0 Å². The molecule has 1 N–H and O–H groups in total. The molecule has 0 aliphatic carbocycles. The molecule has 0 radical (unpaired) electrons. The van der Waals surface area contributed by atoms with E-state index < -0.39 is 0 Å². The molecule has 1 saturated heterocycles. The molecule has 2 aromatic rings. The number of urea groups is 1. The molecular weight excluding hydrogens is 370 g/mol. The van der Waals surface area contributed by atoms with Gasteiger partial charge in [0.1, 0.15) is 0 Å². The highest BCUT2D eigenvalue weighted by molar-refractivity contribution is 5.74. The van der Waals surface area contributed by atoms with Crippen LogP contribution in [0.4, 0.5) is 4.79 Å². The summed E-state index contributed by atoms with van der Waals surface area (Å²) in [5.41, 5.74) is 0.457. The number of carbonyl (C=O) groups excluding carboxylic acids is 1. The quantitative estimate of drug-likeness (QED) is 0.730. The molecule has 158 valence electrons. The van der Waals surface area contributed by atoms with Crippen molar-refractivity contribution in [3.63, 3.8) is 0 Å². The molecule has 3 rings (SSSR count). The summed E-state index contributed by atoms with van der Waals surface area (Å²) < 4.78 is 10.9. The number of amides is 2. The summed E-state index contributed by atoms with van der Waals surface area (Å²) in [7, 11) is 1.69. The van der Waals surface area contributed by atoms with Gasteiger partial charge in [-0.25, -0.2) is 4.79 Å². The number of piperidine rings is 1. The molecule has 29 heavy (non-hydrogen) atoms. The van der Waals surface area contributed by atoms with Crippen LogP contribution < -0.4 is 5.32 Å². The van der Waals surface area contributed by atoms with E-state index >= 15 is 0 Å². The molecule has 0 spiro atoms. The maximum absolute atomic E-state index is 12.7. The third-order valence-electron chi connectivity index (χ3n) is 5.47. The van der Waals surface area contributed by atoms with Gasteiger partial charge in [0.15, 0.2) is 5.82 Å². The van der Waals surface area contributed by atoms with Crippen LogP contribution in [0.3, 0.4) is 0 Å². The van der Waals surface area contributed by atoms with Gasteiger partial charge in [-0.05, 0) is 43.7 Å². The van der Waals surface area contributed by atoms with E-state index in [4.69, 9.17) is 9.26 Å². The Kier molecular flexibility index (Phi) is 7.19. The maximum atomic E-state index is 12.7. The Hall–Kier alpha value is -2.48. The summed E-state index contributed by atoms with van der Waals surface area (Å²) in [6.45, 7) is 6.85. The molecule has 1 aliphatic rings. The van der Waals surface area contributed by atoms with Crippen LogP contribution in [0, 0.1) is 5.92 Å². The molecule has 2 amide bonds. The van der Waals surface area contributed by atoms with Crippen molar-refractivity contribution in [1.82, 2.24) is 25.3 Å². The Morgan fingerprint density at radius 1 is 1.38 bits per heavy atom. The first-order valence-electron chi connectivity index (χ1n) is 10.3. The largest absolute Gasteiger partial charge is 0.385 e. The summed E-state index contributed by atoms with van der Waals surface area (Å²) in [5, 5.41) is 7.34. The van der Waals surface area contributed by atoms with Crippen molar-refractivity contribution in [1.29, 1.82) is 0 Å². The molecule has 0 saturated carbocycles. The molecule has 8 nitrogen and oxygen atoms in total. The molecule has 3 heterocycles. The number of likely N-dealkylation sites (tertiary alicyclic amines) is 1. The molecule has 1 aliphatic heterocycles. The van der Waals surface area contributed by atoms with Gasteiger partial charge in [0.05, 0.1) is 5.41 Å². The van der Waals surface area contributed by atoms with Crippen LogP contribution in [0.5, 0.6) is 0 Å². The lowest BCUT2D eigenvalue weighted by molar-refractivity contribution is 0.106. The molecule has 0 aromatic carbocycles. The molecular formula is C21H31N5O3. The first-order valence-corrected chi connectivity index (χ1v) is 10.3. The monoisotopic (exact) mass is 401 g/mol. The van der Waals surface area contributed by atoms with E-state index in [0.717, 1.165) is 37.8 Å². The van der Waals surface area contributed by atoms with Gasteiger partial charge in [-0.3, -0.25) is 4.98 Å². The fraction of sp³-hybridized carbons (Fsp3) is 0.619. The van der Waals surface area contributed by atoms with E-state index in [-0.39, 0.29) is 11.4 Å². The van der Waals surface area contributed by atoms with Crippen molar-refractivity contribution in [2.45, 2.75) is 44.9 Å². The van der Waals surface area contributed by atoms with Gasteiger partial charge in [0.25, 0.3) is 5.89 Å². The van der Waals surface area contributed by atoms with E-state index in [0.29, 0.717) is 37.3 Å². The topological polar surface area (TPSA) is 93.4 Å². The smallest absolute Gasteiger partial charge is 0.317 e. The predicted octanol–water partition coefficient (Wildman–Crippen LogP) is 3.26. The van der Waals surface area contributed by atoms with Crippen molar-refractivity contribution in [2.75, 3.05) is 33.4 Å². The highest BCUT2D eigenvalue weighted by Gasteiger charge is 2.42. The van der Waals surface area contributed by atoms with Crippen molar-refractivity contribution < 1.29 is 14.1 Å². The lowest BCUT2D eigenvalue weighted by Gasteiger charge is -2.40. The van der Waals surface area contributed by atoms with Crippen molar-refractivity contribution in [3.05, 3.63) is 30.4 Å². The number of nitrogens with zero attached hydrogens (tertiary/aromatic N) is 4. The van der Waals surface area contributed by atoms with Gasteiger partial charge in [-0.2, -0.15) is 4.98 Å². The number of rotatable bonds is 8. The van der Waals surface area contributed by atoms with Crippen molar-refractivity contribution >= 4 is 6.03 Å². The van der Waals surface area contributed by atoms with E-state index in [2.05, 4.69) is 34.3 Å². The number of hydrogen-bond donors (Lipinski definition) is 1. The Labute approximate surface area is 172 Å². The van der Waals surface area contributed by atoms with E-state index in [1.807, 2.05) is 17.0 Å². The number of hydrogen-bond acceptors (Lipinski definition) is 6. The number of ether oxygens (including phenoxy) is 1. The zero-order chi connectivity index (χ0) is 20.7. The minimum absolute atomic E-state index is 0.0232. The van der Waals surface area contributed by atoms with Gasteiger partial charge in [-0.1, -0.05) is 19.0 Å². The summed E-state index contributed by atoms with van der Waals surface area (Å²) in [6, 6.07) is 3.66. The molecule has 1 atom stereocenters. The first kappa shape index (κ1) is 21.2. The van der Waals surface area contributed by atoms with Crippen LogP contribution in [0.15, 0.2) is 29.0 Å². The number of nitrogens with one attached hydrogen (secondary N) is 1. The second kappa shape index (κ2) is 9.82. The Balaban J connectivity index is 1.77. The van der Waals surface area contributed by atoms with Gasteiger partial charge >= 0.3 is 6.03 Å². The van der Waals surface area contributed by atoms with E-state index in [9.17, 15) is 4.79 Å². The Bertz CT molecular complexity index is 780. The van der Waals surface area contributed by atoms with Crippen LogP contribution >= 0.6 is 0 Å². The summed E-state index contributed by atoms with van der Waals surface area (Å²) in [6.07, 6.45) is 6.87. The van der Waals surface area contributed by atoms with Gasteiger partial charge < -0.3 is 19.5 Å². The normalized spacial score (nSPS) is 19.5. The number of pyridine rings is 1. The van der Waals surface area contributed by atoms with Crippen LogP contribution in [0.1, 0.15) is 45.4 Å². The fourth-order valence-electron chi connectivity index (χ4n) is 3.73. The standard InChI is InChI=1S/C21H31N5O3/c1-16(2)5-12-23-20(27)26-13-4-8-21(15-26,9-14-28-3)19-24-18(29-25-19)17-6-10-22-11-7-17/h6-7,10-11,16H,4-5,8-9,12-15H2,1-3H3,(H,23,27). The average molecular weight is 402 g/mol. The second-order valence-corrected chi connectivity index (χ2v) is 8.12. The summed E-state index contributed by atoms with van der Waals surface area (Å²) in [5.74, 6) is 1.67. The highest BCUT2D eigenvalue weighted by Crippen LogP contribution is 2.36. The lowest BCUT2D eigenvalue weighted by Crippen LogP contribution is -2.52. The molecule has 8 heteroatoms. The SMILES string of the molecule is COCCC1(c2noc(-c3ccncc3)n2)CCCN(C(=O)NCCC(C)C)C1. The number of methoxy groups -OCH3 is 1. The maximum Gasteiger partial charge on any atom is 0.317 e. The zero-order valence-corrected chi connectivity index (χ0v) is 17.6. The second-order valence-electron chi connectivity index (χ2n) is 8.12. The molecule has 2 aromatic heterocycles. The Morgan fingerprint density at radius 2 is 2.17 bits per heavy atom. The van der Waals surface area contributed by atoms with Crippen LogP contribution in [0.25, 0.3) is 11.5 Å². The van der Waals surface area contributed by atoms with Crippen LogP contribution in [-0.2, 0) is 10.2 Å². The summed E-state index contributed by atoms with van der Waals surface area (Å²) >= 11 is 0. The lowest BCUT2D eigenvalue weighted by atomic mass is 9.76.